The minimum atomic E-state index is -1.13. The second-order valence-electron chi connectivity index (χ2n) is 6.14. The highest BCUT2D eigenvalue weighted by Gasteiger charge is 2.18. The van der Waals surface area contributed by atoms with Crippen LogP contribution in [0, 0.1) is 0 Å². The van der Waals surface area contributed by atoms with Gasteiger partial charge in [-0.3, -0.25) is 0 Å². The van der Waals surface area contributed by atoms with Gasteiger partial charge in [0, 0.05) is 34.2 Å². The average molecular weight is 378 g/mol. The van der Waals surface area contributed by atoms with Gasteiger partial charge in [0.05, 0.1) is 13.1 Å². The molecule has 28 heavy (non-hydrogen) atoms. The predicted molar refractivity (Wildman–Crippen MR) is 102 cm³/mol. The molecule has 0 unspecified atom stereocenters. The van der Waals surface area contributed by atoms with Crippen LogP contribution in [-0.2, 0) is 32.4 Å². The van der Waals surface area contributed by atoms with Gasteiger partial charge in [0.2, 0.25) is 0 Å². The summed E-state index contributed by atoms with van der Waals surface area (Å²) in [5, 5.41) is 2.02. The van der Waals surface area contributed by atoms with Crippen molar-refractivity contribution in [2.24, 2.45) is 0 Å². The number of rotatable bonds is 6. The molecule has 4 aromatic rings. The summed E-state index contributed by atoms with van der Waals surface area (Å²) < 4.78 is 0. The fourth-order valence-corrected chi connectivity index (χ4v) is 3.00. The Kier molecular flexibility index (Phi) is 5.05. The Balaban J connectivity index is 1.23. The molecule has 2 heterocycles. The smallest absolute Gasteiger partial charge is 0.361 e. The second kappa shape index (κ2) is 7.95. The van der Waals surface area contributed by atoms with Crippen molar-refractivity contribution in [2.75, 3.05) is 0 Å². The third-order valence-electron chi connectivity index (χ3n) is 4.37. The minimum absolute atomic E-state index is 0.256. The number of fused-ring (bicyclic) bond motifs is 2. The number of nitrogens with one attached hydrogen (secondary N) is 4. The highest BCUT2D eigenvalue weighted by atomic mass is 16.7. The molecular weight excluding hydrogens is 360 g/mol. The van der Waals surface area contributed by atoms with E-state index < -0.39 is 11.9 Å². The zero-order valence-corrected chi connectivity index (χ0v) is 14.8. The zero-order valence-electron chi connectivity index (χ0n) is 14.8. The van der Waals surface area contributed by atoms with E-state index in [2.05, 4.69) is 20.9 Å². The Hall–Kier alpha value is -3.62. The number of carbonyl (C=O) groups is 2. The lowest BCUT2D eigenvalue weighted by molar-refractivity contribution is -0.177. The van der Waals surface area contributed by atoms with Gasteiger partial charge < -0.3 is 19.6 Å². The van der Waals surface area contributed by atoms with Crippen LogP contribution in [0.5, 0.6) is 0 Å². The molecule has 8 nitrogen and oxygen atoms in total. The first-order valence-corrected chi connectivity index (χ1v) is 8.70. The molecule has 142 valence electrons. The number of para-hydroxylation sites is 2. The Morgan fingerprint density at radius 2 is 1.14 bits per heavy atom. The number of aromatic amines is 2. The Morgan fingerprint density at radius 3 is 1.61 bits per heavy atom. The molecule has 8 heteroatoms. The Bertz CT molecular complexity index is 1040. The number of aromatic nitrogens is 2. The highest BCUT2D eigenvalue weighted by Crippen LogP contribution is 2.18. The number of hydrogen-bond acceptors (Lipinski definition) is 6. The molecule has 2 aromatic heterocycles. The Morgan fingerprint density at radius 1 is 0.714 bits per heavy atom. The van der Waals surface area contributed by atoms with Crippen LogP contribution in [0.4, 0.5) is 0 Å². The first-order chi connectivity index (χ1) is 13.7. The third-order valence-corrected chi connectivity index (χ3v) is 4.37. The fraction of sp³-hybridized carbons (Fsp3) is 0.100. The van der Waals surface area contributed by atoms with E-state index in [1.807, 2.05) is 60.9 Å². The van der Waals surface area contributed by atoms with Crippen molar-refractivity contribution in [3.8, 4) is 0 Å². The van der Waals surface area contributed by atoms with E-state index in [-0.39, 0.29) is 13.1 Å². The van der Waals surface area contributed by atoms with Gasteiger partial charge in [-0.1, -0.05) is 36.4 Å². The number of H-pyrrole nitrogens is 2. The van der Waals surface area contributed by atoms with Gasteiger partial charge in [-0.2, -0.15) is 0 Å². The van der Waals surface area contributed by atoms with Crippen LogP contribution >= 0.6 is 0 Å². The summed E-state index contributed by atoms with van der Waals surface area (Å²) in [6, 6.07) is 15.5. The van der Waals surface area contributed by atoms with Crippen molar-refractivity contribution in [1.82, 2.24) is 20.9 Å². The van der Waals surface area contributed by atoms with Crippen LogP contribution in [0.1, 0.15) is 11.1 Å². The molecular formula is C20H18N4O4. The number of carbonyl (C=O) groups excluding carboxylic acids is 2. The predicted octanol–water partition coefficient (Wildman–Crippen LogP) is 2.45. The van der Waals surface area contributed by atoms with E-state index in [0.29, 0.717) is 0 Å². The molecule has 0 saturated heterocycles. The lowest BCUT2D eigenvalue weighted by Crippen LogP contribution is -2.31. The molecule has 0 radical (unpaired) electrons. The summed E-state index contributed by atoms with van der Waals surface area (Å²) in [5.74, 6) is -2.27. The van der Waals surface area contributed by atoms with Gasteiger partial charge >= 0.3 is 11.9 Å². The number of hydroxylamine groups is 2. The summed E-state index contributed by atoms with van der Waals surface area (Å²) in [4.78, 5) is 39.2. The van der Waals surface area contributed by atoms with Gasteiger partial charge in [-0.15, -0.1) is 11.0 Å². The zero-order chi connectivity index (χ0) is 19.3. The van der Waals surface area contributed by atoms with Crippen molar-refractivity contribution in [1.29, 1.82) is 0 Å². The molecule has 0 spiro atoms. The van der Waals surface area contributed by atoms with Crippen molar-refractivity contribution in [2.45, 2.75) is 13.1 Å². The number of benzene rings is 2. The highest BCUT2D eigenvalue weighted by molar-refractivity contribution is 6.29. The standard InChI is InChI=1S/C20H18N4O4/c25-19(27-23-11-13-9-21-17-7-3-1-5-15(13)17)20(26)28-24-12-14-10-22-18-8-4-2-6-16(14)18/h1-10,21-24H,11-12H2. The van der Waals surface area contributed by atoms with Crippen LogP contribution in [0.25, 0.3) is 21.8 Å². The maximum absolute atomic E-state index is 11.7. The van der Waals surface area contributed by atoms with Crippen molar-refractivity contribution in [3.63, 3.8) is 0 Å². The maximum Gasteiger partial charge on any atom is 0.437 e. The molecule has 0 saturated carbocycles. The normalized spacial score (nSPS) is 11.0. The van der Waals surface area contributed by atoms with E-state index in [1.165, 1.54) is 0 Å². The summed E-state index contributed by atoms with van der Waals surface area (Å²) in [7, 11) is 0. The largest absolute Gasteiger partial charge is 0.437 e. The quantitative estimate of drug-likeness (QED) is 0.303. The van der Waals surface area contributed by atoms with Crippen molar-refractivity contribution in [3.05, 3.63) is 72.1 Å². The van der Waals surface area contributed by atoms with Crippen LogP contribution in [0.3, 0.4) is 0 Å². The molecule has 0 atom stereocenters. The summed E-state index contributed by atoms with van der Waals surface area (Å²) >= 11 is 0. The van der Waals surface area contributed by atoms with E-state index in [9.17, 15) is 9.59 Å². The fourth-order valence-electron chi connectivity index (χ4n) is 3.00. The van der Waals surface area contributed by atoms with Gasteiger partial charge in [-0.25, -0.2) is 9.59 Å². The van der Waals surface area contributed by atoms with Crippen LogP contribution < -0.4 is 11.0 Å². The monoisotopic (exact) mass is 378 g/mol. The van der Waals surface area contributed by atoms with Gasteiger partial charge in [-0.05, 0) is 23.3 Å². The van der Waals surface area contributed by atoms with Gasteiger partial charge in [0.25, 0.3) is 0 Å². The first kappa shape index (κ1) is 17.8. The molecule has 0 aliphatic rings. The minimum Gasteiger partial charge on any atom is -0.361 e. The molecule has 4 rings (SSSR count). The van der Waals surface area contributed by atoms with Crippen molar-refractivity contribution >= 4 is 33.7 Å². The molecule has 0 aliphatic carbocycles. The average Bonchev–Trinajstić information content (AvgIpc) is 3.32. The van der Waals surface area contributed by atoms with Gasteiger partial charge in [0.1, 0.15) is 0 Å². The van der Waals surface area contributed by atoms with E-state index in [1.54, 1.807) is 0 Å². The second-order valence-corrected chi connectivity index (χ2v) is 6.14. The van der Waals surface area contributed by atoms with E-state index >= 15 is 0 Å². The Labute approximate surface area is 159 Å². The summed E-state index contributed by atoms with van der Waals surface area (Å²) in [6.45, 7) is 0.512. The maximum atomic E-state index is 11.7. The topological polar surface area (TPSA) is 108 Å². The summed E-state index contributed by atoms with van der Waals surface area (Å²) in [6.07, 6.45) is 3.62. The van der Waals surface area contributed by atoms with Crippen molar-refractivity contribution < 1.29 is 19.3 Å². The number of hydrogen-bond donors (Lipinski definition) is 4. The molecule has 0 bridgehead atoms. The lowest BCUT2D eigenvalue weighted by atomic mass is 10.2. The first-order valence-electron chi connectivity index (χ1n) is 8.70. The van der Waals surface area contributed by atoms with E-state index in [4.69, 9.17) is 9.68 Å². The molecule has 4 N–H and O–H groups in total. The van der Waals surface area contributed by atoms with Gasteiger partial charge in [0.15, 0.2) is 0 Å². The third kappa shape index (κ3) is 3.73. The van der Waals surface area contributed by atoms with Crippen LogP contribution in [-0.4, -0.2) is 21.9 Å². The molecule has 2 aromatic carbocycles. The van der Waals surface area contributed by atoms with Crippen LogP contribution in [0.15, 0.2) is 60.9 Å². The van der Waals surface area contributed by atoms with Crippen LogP contribution in [0.2, 0.25) is 0 Å². The molecule has 0 amide bonds. The summed E-state index contributed by atoms with van der Waals surface area (Å²) in [5.41, 5.74) is 8.75. The SMILES string of the molecule is O=C(ONCc1c[nH]c2ccccc12)C(=O)ONCc1c[nH]c2ccccc12. The molecule has 0 aliphatic heterocycles. The lowest BCUT2D eigenvalue weighted by Gasteiger charge is -2.06. The van der Waals surface area contributed by atoms with E-state index in [0.717, 1.165) is 32.9 Å². The molecule has 0 fully saturated rings.